The molecule has 156 valence electrons. The molecule has 2 rings (SSSR count). The minimum Gasteiger partial charge on any atom is -0.467 e. The molecule has 1 fully saturated rings. The number of nitrogens with zero attached hydrogens (tertiary/aromatic N) is 3. The molecule has 0 radical (unpaired) electrons. The van der Waals surface area contributed by atoms with Crippen molar-refractivity contribution in [2.45, 2.75) is 33.4 Å². The smallest absolute Gasteiger partial charge is 0.216 e. The van der Waals surface area contributed by atoms with Crippen molar-refractivity contribution in [3.8, 4) is 0 Å². The predicted molar refractivity (Wildman–Crippen MR) is 117 cm³/mol. The molecule has 1 aliphatic heterocycles. The highest BCUT2D eigenvalue weighted by Crippen LogP contribution is 2.10. The van der Waals surface area contributed by atoms with E-state index in [9.17, 15) is 8.42 Å². The summed E-state index contributed by atoms with van der Waals surface area (Å²) in [6.07, 6.45) is 1.67. The van der Waals surface area contributed by atoms with Crippen LogP contribution in [0.5, 0.6) is 0 Å². The third-order valence-electron chi connectivity index (χ3n) is 4.02. The molecule has 27 heavy (non-hydrogen) atoms. The van der Waals surface area contributed by atoms with Gasteiger partial charge in [-0.2, -0.15) is 4.31 Å². The van der Waals surface area contributed by atoms with E-state index < -0.39 is 10.0 Å². The molecule has 0 aliphatic carbocycles. The lowest BCUT2D eigenvalue weighted by atomic mass is 10.4. The summed E-state index contributed by atoms with van der Waals surface area (Å²) in [6.45, 7) is 9.37. The van der Waals surface area contributed by atoms with Crippen molar-refractivity contribution in [2.24, 2.45) is 4.99 Å². The summed E-state index contributed by atoms with van der Waals surface area (Å²) in [7, 11) is -3.28. The lowest BCUT2D eigenvalue weighted by Crippen LogP contribution is -2.54. The summed E-state index contributed by atoms with van der Waals surface area (Å²) in [5.41, 5.74) is 0. The van der Waals surface area contributed by atoms with Gasteiger partial charge in [0.05, 0.1) is 24.7 Å². The van der Waals surface area contributed by atoms with Crippen LogP contribution in [-0.2, 0) is 21.3 Å². The van der Waals surface area contributed by atoms with Crippen LogP contribution in [0.25, 0.3) is 0 Å². The van der Waals surface area contributed by atoms with E-state index in [0.717, 1.165) is 18.3 Å². The molecular formula is C17H31IN4O4S. The molecule has 10 heteroatoms. The normalized spacial score (nSPS) is 16.4. The third kappa shape index (κ3) is 7.96. The number of piperazine rings is 1. The van der Waals surface area contributed by atoms with Crippen LogP contribution in [0.3, 0.4) is 0 Å². The van der Waals surface area contributed by atoms with E-state index in [2.05, 4.69) is 15.2 Å². The van der Waals surface area contributed by atoms with Crippen LogP contribution < -0.4 is 5.32 Å². The van der Waals surface area contributed by atoms with Gasteiger partial charge in [0.25, 0.3) is 0 Å². The second-order valence-electron chi connectivity index (χ2n) is 6.37. The molecule has 1 aromatic rings. The lowest BCUT2D eigenvalue weighted by Gasteiger charge is -2.35. The summed E-state index contributed by atoms with van der Waals surface area (Å²) < 4.78 is 37.1. The largest absolute Gasteiger partial charge is 0.467 e. The molecule has 0 amide bonds. The van der Waals surface area contributed by atoms with Crippen LogP contribution in [0.4, 0.5) is 0 Å². The van der Waals surface area contributed by atoms with Crippen molar-refractivity contribution in [1.29, 1.82) is 0 Å². The average molecular weight is 514 g/mol. The molecule has 1 N–H and O–H groups in total. The first-order chi connectivity index (χ1) is 12.4. The monoisotopic (exact) mass is 514 g/mol. The standard InChI is InChI=1S/C17H30N4O4S.HI/c1-4-18-17(19-14-16-6-5-11-25-16)20-7-9-21(10-8-20)26(22,23)13-12-24-15(2)3;/h5-6,11,15H,4,7-10,12-14H2,1-3H3,(H,18,19);1H. The van der Waals surface area contributed by atoms with Gasteiger partial charge < -0.3 is 19.4 Å². The fourth-order valence-electron chi connectivity index (χ4n) is 2.68. The Balaban J connectivity index is 0.00000364. The van der Waals surface area contributed by atoms with Crippen molar-refractivity contribution in [3.63, 3.8) is 0 Å². The molecule has 0 atom stereocenters. The molecule has 2 heterocycles. The Bertz CT molecular complexity index is 656. The summed E-state index contributed by atoms with van der Waals surface area (Å²) in [4.78, 5) is 6.67. The van der Waals surface area contributed by atoms with E-state index in [1.807, 2.05) is 32.9 Å². The van der Waals surface area contributed by atoms with Gasteiger partial charge >= 0.3 is 0 Å². The topological polar surface area (TPSA) is 87.4 Å². The average Bonchev–Trinajstić information content (AvgIpc) is 3.12. The van der Waals surface area contributed by atoms with E-state index in [1.54, 1.807) is 10.6 Å². The number of sulfonamides is 1. The van der Waals surface area contributed by atoms with E-state index in [4.69, 9.17) is 9.15 Å². The van der Waals surface area contributed by atoms with E-state index in [-0.39, 0.29) is 42.4 Å². The van der Waals surface area contributed by atoms with Gasteiger partial charge in [0.15, 0.2) is 5.96 Å². The first kappa shape index (κ1) is 24.2. The van der Waals surface area contributed by atoms with Crippen molar-refractivity contribution in [1.82, 2.24) is 14.5 Å². The molecule has 1 aromatic heterocycles. The first-order valence-corrected chi connectivity index (χ1v) is 10.7. The van der Waals surface area contributed by atoms with Crippen LogP contribution in [0.2, 0.25) is 0 Å². The molecule has 0 saturated carbocycles. The highest BCUT2D eigenvalue weighted by molar-refractivity contribution is 14.0. The number of ether oxygens (including phenoxy) is 1. The number of hydrogen-bond acceptors (Lipinski definition) is 5. The van der Waals surface area contributed by atoms with Crippen molar-refractivity contribution >= 4 is 40.0 Å². The zero-order valence-electron chi connectivity index (χ0n) is 16.3. The number of guanidine groups is 1. The highest BCUT2D eigenvalue weighted by atomic mass is 127. The number of furan rings is 1. The molecule has 0 bridgehead atoms. The second kappa shape index (κ2) is 11.9. The maximum atomic E-state index is 12.4. The Morgan fingerprint density at radius 1 is 1.33 bits per heavy atom. The Hall–Kier alpha value is -0.850. The fraction of sp³-hybridized carbons (Fsp3) is 0.706. The Labute approximate surface area is 179 Å². The van der Waals surface area contributed by atoms with E-state index >= 15 is 0 Å². The van der Waals surface area contributed by atoms with Gasteiger partial charge in [-0.25, -0.2) is 13.4 Å². The van der Waals surface area contributed by atoms with Crippen LogP contribution in [0.1, 0.15) is 26.5 Å². The molecule has 0 aromatic carbocycles. The van der Waals surface area contributed by atoms with Crippen LogP contribution in [-0.4, -0.2) is 74.8 Å². The molecule has 1 saturated heterocycles. The molecule has 8 nitrogen and oxygen atoms in total. The van der Waals surface area contributed by atoms with Gasteiger partial charge in [-0.05, 0) is 32.9 Å². The van der Waals surface area contributed by atoms with Gasteiger partial charge in [0.2, 0.25) is 10.0 Å². The van der Waals surface area contributed by atoms with Gasteiger partial charge in [0.1, 0.15) is 12.3 Å². The summed E-state index contributed by atoms with van der Waals surface area (Å²) in [5, 5.41) is 3.26. The van der Waals surface area contributed by atoms with Gasteiger partial charge in [-0.3, -0.25) is 0 Å². The van der Waals surface area contributed by atoms with E-state index in [1.165, 1.54) is 0 Å². The maximum Gasteiger partial charge on any atom is 0.216 e. The zero-order chi connectivity index (χ0) is 19.0. The number of aliphatic imine (C=N–C) groups is 1. The SMILES string of the molecule is CCNC(=NCc1ccco1)N1CCN(S(=O)(=O)CCOC(C)C)CC1.I. The van der Waals surface area contributed by atoms with Gasteiger partial charge in [0, 0.05) is 32.7 Å². The molecule has 1 aliphatic rings. The summed E-state index contributed by atoms with van der Waals surface area (Å²) >= 11 is 0. The van der Waals surface area contributed by atoms with Crippen molar-refractivity contribution in [2.75, 3.05) is 45.1 Å². The summed E-state index contributed by atoms with van der Waals surface area (Å²) in [6, 6.07) is 3.72. The number of rotatable bonds is 8. The van der Waals surface area contributed by atoms with E-state index in [0.29, 0.717) is 32.7 Å². The second-order valence-corrected chi connectivity index (χ2v) is 8.46. The molecule has 0 unspecified atom stereocenters. The Morgan fingerprint density at radius 2 is 2.04 bits per heavy atom. The minimum absolute atomic E-state index is 0. The fourth-order valence-corrected chi connectivity index (χ4v) is 3.96. The van der Waals surface area contributed by atoms with Gasteiger partial charge in [-0.15, -0.1) is 24.0 Å². The quantitative estimate of drug-likeness (QED) is 0.323. The Morgan fingerprint density at radius 3 is 2.59 bits per heavy atom. The maximum absolute atomic E-state index is 12.4. The number of halogens is 1. The Kier molecular flexibility index (Phi) is 10.6. The first-order valence-electron chi connectivity index (χ1n) is 9.07. The van der Waals surface area contributed by atoms with Crippen LogP contribution in [0, 0.1) is 0 Å². The van der Waals surface area contributed by atoms with Gasteiger partial charge in [-0.1, -0.05) is 0 Å². The predicted octanol–water partition coefficient (Wildman–Crippen LogP) is 1.74. The minimum atomic E-state index is -3.28. The molecular weight excluding hydrogens is 483 g/mol. The lowest BCUT2D eigenvalue weighted by molar-refractivity contribution is 0.0904. The van der Waals surface area contributed by atoms with Crippen LogP contribution in [0.15, 0.2) is 27.8 Å². The number of nitrogens with one attached hydrogen (secondary N) is 1. The highest BCUT2D eigenvalue weighted by Gasteiger charge is 2.28. The van der Waals surface area contributed by atoms with Crippen molar-refractivity contribution in [3.05, 3.63) is 24.2 Å². The number of hydrogen-bond donors (Lipinski definition) is 1. The molecule has 0 spiro atoms. The van der Waals surface area contributed by atoms with Crippen LogP contribution >= 0.6 is 24.0 Å². The zero-order valence-corrected chi connectivity index (χ0v) is 19.4. The third-order valence-corrected chi connectivity index (χ3v) is 5.86. The summed E-state index contributed by atoms with van der Waals surface area (Å²) in [5.74, 6) is 1.61. The van der Waals surface area contributed by atoms with Crippen molar-refractivity contribution < 1.29 is 17.6 Å².